The predicted octanol–water partition coefficient (Wildman–Crippen LogP) is 14.7. The van der Waals surface area contributed by atoms with Gasteiger partial charge in [0.05, 0.1) is 24.3 Å². The third-order valence-corrected chi connectivity index (χ3v) is 18.6. The van der Waals surface area contributed by atoms with Gasteiger partial charge in [-0.3, -0.25) is 0 Å². The highest BCUT2D eigenvalue weighted by Crippen LogP contribution is 2.40. The van der Waals surface area contributed by atoms with Crippen molar-refractivity contribution in [3.05, 3.63) is 226 Å². The minimum atomic E-state index is -0.849. The Kier molecular flexibility index (Phi) is 23.6. The Balaban J connectivity index is 0.000000210. The Morgan fingerprint density at radius 3 is 1.37 bits per heavy atom. The normalized spacial score (nSPS) is 23.1. The van der Waals surface area contributed by atoms with Crippen molar-refractivity contribution in [3.8, 4) is 0 Å². The van der Waals surface area contributed by atoms with Crippen molar-refractivity contribution >= 4 is 67.0 Å². The molecule has 0 spiro atoms. The lowest BCUT2D eigenvalue weighted by molar-refractivity contribution is -0.326. The zero-order valence-electron chi connectivity index (χ0n) is 46.6. The van der Waals surface area contributed by atoms with Gasteiger partial charge < -0.3 is 23.7 Å². The molecule has 2 aliphatic heterocycles. The number of ether oxygens (including phenoxy) is 5. The third-order valence-electron chi connectivity index (χ3n) is 16.3. The molecule has 430 valence electrons. The number of hydrogen-bond donors (Lipinski definition) is 0. The molecule has 10 nitrogen and oxygen atoms in total. The van der Waals surface area contributed by atoms with Gasteiger partial charge >= 0.3 is 17.9 Å². The summed E-state index contributed by atoms with van der Waals surface area (Å²) < 4.78 is 29.7. The van der Waals surface area contributed by atoms with E-state index >= 15 is 0 Å². The van der Waals surface area contributed by atoms with Crippen LogP contribution < -0.4 is 0 Å². The first kappa shape index (κ1) is 61.3. The van der Waals surface area contributed by atoms with Crippen molar-refractivity contribution in [3.63, 3.8) is 0 Å². The van der Waals surface area contributed by atoms with Gasteiger partial charge in [-0.2, -0.15) is 0 Å². The molecule has 0 bridgehead atoms. The smallest absolute Gasteiger partial charge is 0.338 e. The summed E-state index contributed by atoms with van der Waals surface area (Å²) in [5, 5.41) is 0. The quantitative estimate of drug-likeness (QED) is 0.0131. The highest BCUT2D eigenvalue weighted by molar-refractivity contribution is 7.16. The molecule has 4 unspecified atom stereocenters. The molecule has 6 aromatic carbocycles. The van der Waals surface area contributed by atoms with Crippen LogP contribution in [0.2, 0.25) is 0 Å². The largest absolute Gasteiger partial charge is 0.454 e. The maximum Gasteiger partial charge on any atom is 0.338 e. The summed E-state index contributed by atoms with van der Waals surface area (Å²) in [4.78, 5) is 50.6. The van der Waals surface area contributed by atoms with Gasteiger partial charge in [0.2, 0.25) is 0 Å². The molecular weight excluding hydrogens is 1100 g/mol. The van der Waals surface area contributed by atoms with Gasteiger partial charge in [0, 0.05) is 6.08 Å². The van der Waals surface area contributed by atoms with E-state index < -0.39 is 36.2 Å². The lowest BCUT2D eigenvalue weighted by Gasteiger charge is -2.29. The van der Waals surface area contributed by atoms with E-state index in [1.54, 1.807) is 6.08 Å². The van der Waals surface area contributed by atoms with E-state index in [1.165, 1.54) is 92.0 Å². The maximum atomic E-state index is 13.8. The summed E-state index contributed by atoms with van der Waals surface area (Å²) >= 11 is 0. The molecule has 2 saturated heterocycles. The van der Waals surface area contributed by atoms with Crippen LogP contribution >= 0.6 is 37.0 Å². The first-order chi connectivity index (χ1) is 40.2. The molecule has 10 rings (SSSR count). The number of carbonyl (C=O) groups is 3. The molecule has 0 N–H and O–H groups in total. The summed E-state index contributed by atoms with van der Waals surface area (Å²) in [6.07, 6.45) is 17.7. The van der Waals surface area contributed by atoms with Gasteiger partial charge in [-0.05, 0) is 175 Å². The van der Waals surface area contributed by atoms with E-state index in [-0.39, 0.29) is 24.9 Å². The summed E-state index contributed by atoms with van der Waals surface area (Å²) in [7, 11) is 11.2. The molecule has 82 heavy (non-hydrogen) atoms. The first-order valence-electron chi connectivity index (χ1n) is 28.9. The fourth-order valence-electron chi connectivity index (χ4n) is 11.4. The molecular formula is C68H78O10P4. The zero-order chi connectivity index (χ0) is 57.0. The van der Waals surface area contributed by atoms with Gasteiger partial charge in [-0.15, -0.1) is 37.0 Å². The van der Waals surface area contributed by atoms with Crippen LogP contribution in [0.25, 0.3) is 12.2 Å². The van der Waals surface area contributed by atoms with Gasteiger partial charge in [-0.1, -0.05) is 146 Å². The van der Waals surface area contributed by atoms with Crippen LogP contribution in [-0.2, 0) is 50.6 Å². The topological polar surface area (TPSA) is 116 Å². The average Bonchev–Trinajstić information content (AvgIpc) is 4.21. The summed E-state index contributed by atoms with van der Waals surface area (Å²) in [6.45, 7) is 0.895. The number of carbonyl (C=O) groups excluding carboxylic acids is 3. The second-order valence-electron chi connectivity index (χ2n) is 21.7. The fourth-order valence-corrected chi connectivity index (χ4v) is 12.8. The Bertz CT molecular complexity index is 2860. The lowest BCUT2D eigenvalue weighted by atomic mass is 9.79. The van der Waals surface area contributed by atoms with Crippen molar-refractivity contribution in [2.45, 2.75) is 112 Å². The van der Waals surface area contributed by atoms with E-state index in [2.05, 4.69) is 85.5 Å². The highest BCUT2D eigenvalue weighted by atomic mass is 31.0. The zero-order valence-corrected chi connectivity index (χ0v) is 51.2. The fraction of sp³-hybridized carbons (Fsp3) is 0.368. The van der Waals surface area contributed by atoms with E-state index in [0.717, 1.165) is 46.4 Å². The second kappa shape index (κ2) is 31.6. The van der Waals surface area contributed by atoms with Gasteiger partial charge in [0.25, 0.3) is 0 Å². The van der Waals surface area contributed by atoms with E-state index in [1.807, 2.05) is 121 Å². The van der Waals surface area contributed by atoms with Crippen LogP contribution in [0.5, 0.6) is 0 Å². The molecule has 4 fully saturated rings. The number of rotatable bonds is 21. The Morgan fingerprint density at radius 2 is 0.927 bits per heavy atom. The van der Waals surface area contributed by atoms with Crippen LogP contribution in [0, 0.1) is 11.8 Å². The maximum absolute atomic E-state index is 13.8. The number of benzene rings is 6. The van der Waals surface area contributed by atoms with Gasteiger partial charge in [-0.25, -0.2) is 24.2 Å². The van der Waals surface area contributed by atoms with Crippen LogP contribution in [-0.4, -0.2) is 74.5 Å². The molecule has 14 heteroatoms. The molecule has 2 saturated carbocycles. The highest BCUT2D eigenvalue weighted by Gasteiger charge is 2.50. The second-order valence-corrected chi connectivity index (χ2v) is 23.5. The van der Waals surface area contributed by atoms with Crippen molar-refractivity contribution in [1.29, 1.82) is 0 Å². The van der Waals surface area contributed by atoms with Crippen LogP contribution in [0.4, 0.5) is 0 Å². The Labute approximate surface area is 494 Å². The van der Waals surface area contributed by atoms with Gasteiger partial charge in [0.15, 0.2) is 18.3 Å². The van der Waals surface area contributed by atoms with Crippen LogP contribution in [0.3, 0.4) is 0 Å². The van der Waals surface area contributed by atoms with Crippen molar-refractivity contribution in [2.24, 2.45) is 11.8 Å². The predicted molar refractivity (Wildman–Crippen MR) is 339 cm³/mol. The number of fused-ring (bicyclic) bond motifs is 1. The van der Waals surface area contributed by atoms with Crippen LogP contribution in [0.15, 0.2) is 170 Å². The number of hydrogen-bond acceptors (Lipinski definition) is 10. The van der Waals surface area contributed by atoms with Crippen molar-refractivity contribution < 1.29 is 47.8 Å². The molecule has 2 heterocycles. The van der Waals surface area contributed by atoms with Crippen molar-refractivity contribution in [1.82, 2.24) is 0 Å². The summed E-state index contributed by atoms with van der Waals surface area (Å²) in [6, 6.07) is 51.3. The van der Waals surface area contributed by atoms with E-state index in [9.17, 15) is 14.4 Å². The van der Waals surface area contributed by atoms with E-state index in [4.69, 9.17) is 33.5 Å². The summed E-state index contributed by atoms with van der Waals surface area (Å²) in [5.74, 6) is 1.36. The van der Waals surface area contributed by atoms with Gasteiger partial charge in [0.1, 0.15) is 24.9 Å². The SMILES string of the molecule is O=C(C=Cc1ccc(CP)cc1)O[C@@H]1CO[C@H]2[C@@H]1OC[C@@H]2OOC/C=C/c1ccc(CP)cc1.O=C(O[C@H](c1ccccc1)[C@H](OC(=O)c1ccc(C2CCC(CP)CC2)cc1)c1ccccc1)c1ccc(C2CCC(CP)CC2)cc1. The summed E-state index contributed by atoms with van der Waals surface area (Å²) in [5.41, 5.74) is 9.57. The molecule has 10 atom stereocenters. The lowest BCUT2D eigenvalue weighted by Crippen LogP contribution is -2.34. The number of esters is 3. The minimum Gasteiger partial charge on any atom is -0.454 e. The average molecular weight is 1180 g/mol. The monoisotopic (exact) mass is 1180 g/mol. The standard InChI is InChI=1S/C42H48O4P2.C26H30O6P2/c43-41(37-23-19-33(20-24-37)31-15-11-29(27-47)12-16-31)45-39(35-7-3-1-4-8-35)40(36-9-5-2-6-10-36)46-42(44)38-25-21-34(22-26-38)32-17-13-30(28-48)14-18-32;27-24(12-11-19-5-9-21(17-34)10-6-19)31-22-14-28-26-23(15-29-25(22)26)32-30-13-1-2-18-3-7-20(16-33)8-4-18/h1-10,19-26,29-32,39-40H,11-18,27-28,47-48H2;1-12,22-23,25-26H,13-17,33-34H2/b;2-1+,12-11?/t29?,30?,31?,32?,39-,40-;22-,23+,25-,26-/m11/s1. The third kappa shape index (κ3) is 17.2. The Morgan fingerprint density at radius 1 is 0.500 bits per heavy atom. The van der Waals surface area contributed by atoms with E-state index in [0.29, 0.717) is 36.2 Å². The van der Waals surface area contributed by atoms with Crippen molar-refractivity contribution in [2.75, 3.05) is 32.1 Å². The molecule has 4 aliphatic rings. The first-order valence-corrected chi connectivity index (χ1v) is 32.2. The molecule has 0 amide bonds. The molecule has 6 aromatic rings. The molecule has 0 aromatic heterocycles. The minimum absolute atomic E-state index is 0.268. The molecule has 2 aliphatic carbocycles. The Hall–Kier alpha value is -5.23. The molecule has 0 radical (unpaired) electrons. The van der Waals surface area contributed by atoms with Crippen LogP contribution in [0.1, 0.15) is 141 Å².